The standard InChI is InChI=1S/C17H21F3N2O4.ClH/c1-25-15(23)10-14(22-16(24)12-6-8-21-9-7-12)11-2-4-13(5-3-11)26-17(18,19)20;/h2-5,12,14,21H,6-10H2,1H3,(H,22,24);1H. The summed E-state index contributed by atoms with van der Waals surface area (Å²) in [5.74, 6) is -1.25. The molecule has 0 aliphatic carbocycles. The lowest BCUT2D eigenvalue weighted by Gasteiger charge is -2.25. The van der Waals surface area contributed by atoms with Gasteiger partial charge < -0.3 is 20.1 Å². The van der Waals surface area contributed by atoms with Crippen molar-refractivity contribution in [2.24, 2.45) is 5.92 Å². The van der Waals surface area contributed by atoms with E-state index in [4.69, 9.17) is 0 Å². The molecule has 1 atom stereocenters. The number of alkyl halides is 3. The van der Waals surface area contributed by atoms with Gasteiger partial charge in [-0.2, -0.15) is 0 Å². The monoisotopic (exact) mass is 410 g/mol. The van der Waals surface area contributed by atoms with Crippen LogP contribution in [0.15, 0.2) is 24.3 Å². The summed E-state index contributed by atoms with van der Waals surface area (Å²) in [7, 11) is 1.23. The average molecular weight is 411 g/mol. The van der Waals surface area contributed by atoms with Crippen LogP contribution in [0, 0.1) is 5.92 Å². The Balaban J connectivity index is 0.00000364. The summed E-state index contributed by atoms with van der Waals surface area (Å²) < 4.78 is 45.2. The number of carbonyl (C=O) groups is 2. The molecule has 1 amide bonds. The topological polar surface area (TPSA) is 76.7 Å². The zero-order chi connectivity index (χ0) is 19.2. The molecule has 0 aromatic heterocycles. The van der Waals surface area contributed by atoms with Crippen LogP contribution >= 0.6 is 12.4 Å². The van der Waals surface area contributed by atoms with Crippen LogP contribution in [0.3, 0.4) is 0 Å². The van der Waals surface area contributed by atoms with Gasteiger partial charge in [-0.3, -0.25) is 9.59 Å². The summed E-state index contributed by atoms with van der Waals surface area (Å²) >= 11 is 0. The largest absolute Gasteiger partial charge is 0.573 e. The fourth-order valence-corrected chi connectivity index (χ4v) is 2.78. The third-order valence-electron chi connectivity index (χ3n) is 4.14. The van der Waals surface area contributed by atoms with Gasteiger partial charge in [0.1, 0.15) is 5.75 Å². The minimum Gasteiger partial charge on any atom is -0.469 e. The van der Waals surface area contributed by atoms with Gasteiger partial charge in [0, 0.05) is 5.92 Å². The molecule has 0 saturated carbocycles. The van der Waals surface area contributed by atoms with Gasteiger partial charge in [-0.25, -0.2) is 0 Å². The Morgan fingerprint density at radius 2 is 1.81 bits per heavy atom. The normalized spacial score (nSPS) is 16.0. The van der Waals surface area contributed by atoms with Crippen LogP contribution < -0.4 is 15.4 Å². The van der Waals surface area contributed by atoms with Crippen LogP contribution in [0.2, 0.25) is 0 Å². The molecule has 0 radical (unpaired) electrons. The first kappa shape index (κ1) is 23.0. The Labute approximate surface area is 161 Å². The van der Waals surface area contributed by atoms with E-state index >= 15 is 0 Å². The Bertz CT molecular complexity index is 620. The summed E-state index contributed by atoms with van der Waals surface area (Å²) in [5, 5.41) is 5.97. The SMILES string of the molecule is COC(=O)CC(NC(=O)C1CCNCC1)c1ccc(OC(F)(F)F)cc1.Cl. The summed E-state index contributed by atoms with van der Waals surface area (Å²) in [6.07, 6.45) is -3.52. The lowest BCUT2D eigenvalue weighted by molar-refractivity contribution is -0.274. The van der Waals surface area contributed by atoms with Crippen LogP contribution in [0.4, 0.5) is 13.2 Å². The maximum Gasteiger partial charge on any atom is 0.573 e. The quantitative estimate of drug-likeness (QED) is 0.705. The van der Waals surface area contributed by atoms with E-state index in [-0.39, 0.29) is 36.4 Å². The second-order valence-electron chi connectivity index (χ2n) is 5.98. The average Bonchev–Trinajstić information content (AvgIpc) is 2.61. The molecule has 152 valence electrons. The van der Waals surface area contributed by atoms with E-state index < -0.39 is 18.4 Å². The molecule has 1 heterocycles. The van der Waals surface area contributed by atoms with Crippen molar-refractivity contribution in [1.29, 1.82) is 0 Å². The first-order valence-electron chi connectivity index (χ1n) is 8.22. The third kappa shape index (κ3) is 7.64. The first-order chi connectivity index (χ1) is 12.3. The summed E-state index contributed by atoms with van der Waals surface area (Å²) in [6, 6.07) is 4.37. The molecule has 1 fully saturated rings. The number of carbonyl (C=O) groups excluding carboxylic acids is 2. The molecule has 1 unspecified atom stereocenters. The van der Waals surface area contributed by atoms with E-state index in [1.165, 1.54) is 19.2 Å². The molecule has 1 saturated heterocycles. The van der Waals surface area contributed by atoms with Crippen LogP contribution in [0.25, 0.3) is 0 Å². The van der Waals surface area contributed by atoms with Crippen LogP contribution in [0.5, 0.6) is 5.75 Å². The minimum absolute atomic E-state index is 0. The highest BCUT2D eigenvalue weighted by Gasteiger charge is 2.31. The molecule has 2 N–H and O–H groups in total. The summed E-state index contributed by atoms with van der Waals surface area (Å²) in [4.78, 5) is 24.1. The molecular formula is C17H22ClF3N2O4. The van der Waals surface area contributed by atoms with Crippen molar-refractivity contribution in [3.05, 3.63) is 29.8 Å². The highest BCUT2D eigenvalue weighted by Crippen LogP contribution is 2.26. The maximum absolute atomic E-state index is 12.4. The molecule has 1 aliphatic heterocycles. The molecule has 0 spiro atoms. The number of hydrogen-bond donors (Lipinski definition) is 2. The number of halogens is 4. The van der Waals surface area contributed by atoms with Crippen molar-refractivity contribution in [2.45, 2.75) is 31.7 Å². The smallest absolute Gasteiger partial charge is 0.469 e. The highest BCUT2D eigenvalue weighted by molar-refractivity contribution is 5.85. The van der Waals surface area contributed by atoms with E-state index in [1.807, 2.05) is 0 Å². The fraction of sp³-hybridized carbons (Fsp3) is 0.529. The molecule has 1 aliphatic rings. The van der Waals surface area contributed by atoms with Gasteiger partial charge in [0.15, 0.2) is 0 Å². The number of methoxy groups -OCH3 is 1. The number of esters is 1. The molecule has 2 rings (SSSR count). The van der Waals surface area contributed by atoms with Crippen molar-refractivity contribution in [3.8, 4) is 5.75 Å². The number of rotatable bonds is 6. The Morgan fingerprint density at radius 1 is 1.22 bits per heavy atom. The van der Waals surface area contributed by atoms with Gasteiger partial charge in [0.2, 0.25) is 5.91 Å². The second-order valence-corrected chi connectivity index (χ2v) is 5.98. The number of hydrogen-bond acceptors (Lipinski definition) is 5. The molecule has 6 nitrogen and oxygen atoms in total. The lowest BCUT2D eigenvalue weighted by atomic mass is 9.95. The predicted molar refractivity (Wildman–Crippen MR) is 93.5 cm³/mol. The molecule has 1 aromatic carbocycles. The summed E-state index contributed by atoms with van der Waals surface area (Å²) in [5.41, 5.74) is 0.493. The minimum atomic E-state index is -4.78. The van der Waals surface area contributed by atoms with Gasteiger partial charge in [-0.05, 0) is 43.6 Å². The predicted octanol–water partition coefficient (Wildman–Crippen LogP) is 2.73. The van der Waals surface area contributed by atoms with E-state index in [9.17, 15) is 22.8 Å². The van der Waals surface area contributed by atoms with Gasteiger partial charge >= 0.3 is 12.3 Å². The first-order valence-corrected chi connectivity index (χ1v) is 8.22. The number of benzene rings is 1. The van der Waals surface area contributed by atoms with Crippen molar-refractivity contribution in [1.82, 2.24) is 10.6 Å². The van der Waals surface area contributed by atoms with Gasteiger partial charge in [0.25, 0.3) is 0 Å². The number of nitrogens with one attached hydrogen (secondary N) is 2. The molecule has 1 aromatic rings. The summed E-state index contributed by atoms with van der Waals surface area (Å²) in [6.45, 7) is 1.48. The molecule has 27 heavy (non-hydrogen) atoms. The van der Waals surface area contributed by atoms with E-state index in [0.717, 1.165) is 25.2 Å². The second kappa shape index (κ2) is 10.4. The number of amides is 1. The molecular weight excluding hydrogens is 389 g/mol. The van der Waals surface area contributed by atoms with Gasteiger partial charge in [-0.1, -0.05) is 12.1 Å². The van der Waals surface area contributed by atoms with E-state index in [2.05, 4.69) is 20.1 Å². The zero-order valence-electron chi connectivity index (χ0n) is 14.7. The van der Waals surface area contributed by atoms with Crippen molar-refractivity contribution < 1.29 is 32.2 Å². The van der Waals surface area contributed by atoms with Crippen molar-refractivity contribution in [2.75, 3.05) is 20.2 Å². The van der Waals surface area contributed by atoms with Gasteiger partial charge in [-0.15, -0.1) is 25.6 Å². The van der Waals surface area contributed by atoms with Crippen LogP contribution in [-0.2, 0) is 14.3 Å². The number of ether oxygens (including phenoxy) is 2. The molecule has 0 bridgehead atoms. The third-order valence-corrected chi connectivity index (χ3v) is 4.14. The fourth-order valence-electron chi connectivity index (χ4n) is 2.78. The highest BCUT2D eigenvalue weighted by atomic mass is 35.5. The Hall–Kier alpha value is -2.00. The lowest BCUT2D eigenvalue weighted by Crippen LogP contribution is -2.40. The Kier molecular flexibility index (Phi) is 8.84. The number of piperidine rings is 1. The Morgan fingerprint density at radius 3 is 2.33 bits per heavy atom. The zero-order valence-corrected chi connectivity index (χ0v) is 15.5. The maximum atomic E-state index is 12.4. The van der Waals surface area contributed by atoms with E-state index in [1.54, 1.807) is 0 Å². The van der Waals surface area contributed by atoms with Crippen LogP contribution in [-0.4, -0.2) is 38.4 Å². The van der Waals surface area contributed by atoms with Crippen LogP contribution in [0.1, 0.15) is 30.9 Å². The van der Waals surface area contributed by atoms with Gasteiger partial charge in [0.05, 0.1) is 19.6 Å². The van der Waals surface area contributed by atoms with Crippen molar-refractivity contribution >= 4 is 24.3 Å². The van der Waals surface area contributed by atoms with E-state index in [0.29, 0.717) is 18.4 Å². The molecule has 10 heteroatoms. The van der Waals surface area contributed by atoms with Crippen molar-refractivity contribution in [3.63, 3.8) is 0 Å².